The van der Waals surface area contributed by atoms with Crippen LogP contribution in [0, 0.1) is 10.1 Å². The van der Waals surface area contributed by atoms with Gasteiger partial charge in [-0.1, -0.05) is 17.4 Å². The zero-order valence-corrected chi connectivity index (χ0v) is 14.1. The summed E-state index contributed by atoms with van der Waals surface area (Å²) >= 11 is 0.787. The molecule has 1 aromatic heterocycles. The van der Waals surface area contributed by atoms with Crippen LogP contribution in [0.2, 0.25) is 0 Å². The van der Waals surface area contributed by atoms with Gasteiger partial charge < -0.3 is 14.4 Å². The molecule has 2 aromatic rings. The molecule has 0 unspecified atom stereocenters. The number of ether oxygens (including phenoxy) is 2. The van der Waals surface area contributed by atoms with Crippen LogP contribution in [0.1, 0.15) is 15.2 Å². The lowest BCUT2D eigenvalue weighted by Crippen LogP contribution is -2.25. The molecule has 0 N–H and O–H groups in total. The molecule has 0 saturated carbocycles. The van der Waals surface area contributed by atoms with Gasteiger partial charge in [-0.3, -0.25) is 14.9 Å². The van der Waals surface area contributed by atoms with Crippen molar-refractivity contribution in [3.8, 4) is 11.5 Å². The first kappa shape index (κ1) is 18.6. The number of benzene rings is 1. The van der Waals surface area contributed by atoms with Crippen LogP contribution in [0.3, 0.4) is 0 Å². The fraction of sp³-hybridized carbons (Fsp3) is 0.267. The van der Waals surface area contributed by atoms with Gasteiger partial charge in [0.05, 0.1) is 16.9 Å². The van der Waals surface area contributed by atoms with Gasteiger partial charge in [-0.25, -0.2) is 0 Å². The normalized spacial score (nSPS) is 10.6. The maximum atomic E-state index is 12.3. The van der Waals surface area contributed by atoms with E-state index in [0.29, 0.717) is 5.56 Å². The molecule has 134 valence electrons. The second kappa shape index (κ2) is 7.88. The summed E-state index contributed by atoms with van der Waals surface area (Å²) in [6.07, 6.45) is 0. The number of nitrogens with zero attached hydrogens (tertiary/aromatic N) is 2. The summed E-state index contributed by atoms with van der Waals surface area (Å²) in [5, 5.41) is 10.6. The average Bonchev–Trinajstić information content (AvgIpc) is 3.05. The Labute approximate surface area is 145 Å². The Bertz CT molecular complexity index is 781. The highest BCUT2D eigenvalue weighted by Crippen LogP contribution is 2.30. The Morgan fingerprint density at radius 2 is 2.04 bits per heavy atom. The molecule has 0 atom stereocenters. The first-order chi connectivity index (χ1) is 11.8. The quantitative estimate of drug-likeness (QED) is 0.548. The van der Waals surface area contributed by atoms with Crippen molar-refractivity contribution >= 4 is 22.2 Å². The molecule has 0 bridgehead atoms. The molecular formula is C15H14F2N2O5S. The minimum atomic E-state index is -2.97. The molecule has 2 rings (SSSR count). The van der Waals surface area contributed by atoms with Gasteiger partial charge in [-0.2, -0.15) is 8.78 Å². The molecule has 0 aliphatic rings. The summed E-state index contributed by atoms with van der Waals surface area (Å²) < 4.78 is 34.0. The molecule has 1 heterocycles. The molecular weight excluding hydrogens is 358 g/mol. The van der Waals surface area contributed by atoms with Crippen molar-refractivity contribution in [2.45, 2.75) is 13.2 Å². The van der Waals surface area contributed by atoms with E-state index in [1.54, 1.807) is 0 Å². The molecule has 10 heteroatoms. The molecule has 1 aromatic carbocycles. The number of nitro groups is 1. The number of rotatable bonds is 7. The van der Waals surface area contributed by atoms with E-state index in [0.717, 1.165) is 11.3 Å². The highest BCUT2D eigenvalue weighted by Gasteiger charge is 2.19. The maximum Gasteiger partial charge on any atom is 0.387 e. The predicted octanol–water partition coefficient (Wildman–Crippen LogP) is 3.54. The van der Waals surface area contributed by atoms with Crippen LogP contribution in [-0.2, 0) is 6.54 Å². The maximum absolute atomic E-state index is 12.3. The van der Waals surface area contributed by atoms with Crippen LogP contribution in [0.15, 0.2) is 30.3 Å². The summed E-state index contributed by atoms with van der Waals surface area (Å²) in [5.74, 6) is -0.375. The Morgan fingerprint density at radius 1 is 1.32 bits per heavy atom. The third kappa shape index (κ3) is 4.63. The van der Waals surface area contributed by atoms with E-state index in [2.05, 4.69) is 4.74 Å². The number of carbonyl (C=O) groups is 1. The third-order valence-corrected chi connectivity index (χ3v) is 4.22. The fourth-order valence-electron chi connectivity index (χ4n) is 2.08. The fourth-order valence-corrected chi connectivity index (χ4v) is 2.89. The average molecular weight is 372 g/mol. The SMILES string of the molecule is COc1cc(CN(C)C(=O)c2ccc([N+](=O)[O-])s2)ccc1OC(F)F. The van der Waals surface area contributed by atoms with Crippen molar-refractivity contribution in [2.24, 2.45) is 0 Å². The van der Waals surface area contributed by atoms with Gasteiger partial charge in [-0.05, 0) is 23.8 Å². The summed E-state index contributed by atoms with van der Waals surface area (Å²) in [6, 6.07) is 7.00. The predicted molar refractivity (Wildman–Crippen MR) is 86.4 cm³/mol. The number of carbonyl (C=O) groups excluding carboxylic acids is 1. The van der Waals surface area contributed by atoms with Crippen molar-refractivity contribution < 1.29 is 28.0 Å². The van der Waals surface area contributed by atoms with Crippen LogP contribution in [-0.4, -0.2) is 36.5 Å². The minimum Gasteiger partial charge on any atom is -0.493 e. The number of hydrogen-bond acceptors (Lipinski definition) is 6. The summed E-state index contributed by atoms with van der Waals surface area (Å²) in [5.41, 5.74) is 0.625. The van der Waals surface area contributed by atoms with E-state index in [4.69, 9.17) is 4.74 Å². The highest BCUT2D eigenvalue weighted by atomic mass is 32.1. The molecule has 0 spiro atoms. The van der Waals surface area contributed by atoms with Crippen molar-refractivity contribution in [1.29, 1.82) is 0 Å². The molecule has 0 saturated heterocycles. The topological polar surface area (TPSA) is 81.9 Å². The highest BCUT2D eigenvalue weighted by molar-refractivity contribution is 7.17. The standard InChI is InChI=1S/C15H14F2N2O5S/c1-18(14(20)12-5-6-13(25-12)19(21)22)8-9-3-4-10(24-15(16)17)11(7-9)23-2/h3-7,15H,8H2,1-2H3. The number of amides is 1. The second-order valence-corrected chi connectivity index (χ2v) is 5.98. The molecule has 0 radical (unpaired) electrons. The van der Waals surface area contributed by atoms with Gasteiger partial charge in [0.15, 0.2) is 11.5 Å². The Kier molecular flexibility index (Phi) is 5.86. The number of methoxy groups -OCH3 is 1. The van der Waals surface area contributed by atoms with Crippen molar-refractivity contribution in [1.82, 2.24) is 4.90 Å². The second-order valence-electron chi connectivity index (χ2n) is 4.92. The van der Waals surface area contributed by atoms with Crippen molar-refractivity contribution in [2.75, 3.05) is 14.2 Å². The first-order valence-corrected chi connectivity index (χ1v) is 7.75. The molecule has 0 aliphatic carbocycles. The Balaban J connectivity index is 2.12. The minimum absolute atomic E-state index is 0.107. The zero-order chi connectivity index (χ0) is 18.6. The summed E-state index contributed by atoms with van der Waals surface area (Å²) in [6.45, 7) is -2.81. The Hall–Kier alpha value is -2.75. The van der Waals surface area contributed by atoms with Crippen LogP contribution in [0.5, 0.6) is 11.5 Å². The van der Waals surface area contributed by atoms with E-state index in [1.165, 1.54) is 49.4 Å². The molecule has 7 nitrogen and oxygen atoms in total. The van der Waals surface area contributed by atoms with Crippen LogP contribution in [0.25, 0.3) is 0 Å². The van der Waals surface area contributed by atoms with Gasteiger partial charge >= 0.3 is 11.6 Å². The summed E-state index contributed by atoms with van der Waals surface area (Å²) in [4.78, 5) is 24.0. The lowest BCUT2D eigenvalue weighted by molar-refractivity contribution is -0.380. The number of halogens is 2. The number of hydrogen-bond donors (Lipinski definition) is 0. The van der Waals surface area contributed by atoms with Crippen LogP contribution in [0.4, 0.5) is 13.8 Å². The molecule has 0 fully saturated rings. The first-order valence-electron chi connectivity index (χ1n) is 6.93. The molecule has 1 amide bonds. The third-order valence-electron chi connectivity index (χ3n) is 3.19. The van der Waals surface area contributed by atoms with E-state index in [1.807, 2.05) is 0 Å². The lowest BCUT2D eigenvalue weighted by atomic mass is 10.2. The molecule has 25 heavy (non-hydrogen) atoms. The number of thiophene rings is 1. The largest absolute Gasteiger partial charge is 0.493 e. The monoisotopic (exact) mass is 372 g/mol. The number of alkyl halides is 2. The van der Waals surface area contributed by atoms with Gasteiger partial charge in [0.25, 0.3) is 5.91 Å². The van der Waals surface area contributed by atoms with Crippen LogP contribution < -0.4 is 9.47 Å². The van der Waals surface area contributed by atoms with E-state index in [9.17, 15) is 23.7 Å². The van der Waals surface area contributed by atoms with Crippen molar-refractivity contribution in [3.05, 3.63) is 50.9 Å². The smallest absolute Gasteiger partial charge is 0.387 e. The lowest BCUT2D eigenvalue weighted by Gasteiger charge is -2.17. The Morgan fingerprint density at radius 3 is 2.60 bits per heavy atom. The summed E-state index contributed by atoms with van der Waals surface area (Å²) in [7, 11) is 2.85. The van der Waals surface area contributed by atoms with Gasteiger partial charge in [0.1, 0.15) is 0 Å². The van der Waals surface area contributed by atoms with Gasteiger partial charge in [0, 0.05) is 19.7 Å². The van der Waals surface area contributed by atoms with Gasteiger partial charge in [0.2, 0.25) is 0 Å². The molecule has 0 aliphatic heterocycles. The van der Waals surface area contributed by atoms with Gasteiger partial charge in [-0.15, -0.1) is 0 Å². The van der Waals surface area contributed by atoms with Crippen LogP contribution >= 0.6 is 11.3 Å². The van der Waals surface area contributed by atoms with E-state index < -0.39 is 11.5 Å². The van der Waals surface area contributed by atoms with E-state index in [-0.39, 0.29) is 33.8 Å². The zero-order valence-electron chi connectivity index (χ0n) is 13.3. The van der Waals surface area contributed by atoms with E-state index >= 15 is 0 Å². The van der Waals surface area contributed by atoms with Crippen molar-refractivity contribution in [3.63, 3.8) is 0 Å².